The predicted molar refractivity (Wildman–Crippen MR) is 58.5 cm³/mol. The van der Waals surface area contributed by atoms with E-state index in [1.807, 2.05) is 6.07 Å². The van der Waals surface area contributed by atoms with Crippen molar-refractivity contribution in [3.8, 4) is 17.2 Å². The highest BCUT2D eigenvalue weighted by molar-refractivity contribution is 5.72. The standard InChI is InChI=1S/C12H8F3N3/c1-7-11(6-17-18-7)10-4-9(12(13,14)15)3-2-8(10)5-16/h2-4,6H,1H3,(H,17,18). The molecule has 3 nitrogen and oxygen atoms in total. The SMILES string of the molecule is Cc1[nH]ncc1-c1cc(C(F)(F)F)ccc1C#N. The van der Waals surface area contributed by atoms with Crippen LogP contribution in [0.3, 0.4) is 0 Å². The summed E-state index contributed by atoms with van der Waals surface area (Å²) in [5.74, 6) is 0. The van der Waals surface area contributed by atoms with Crippen LogP contribution in [0.2, 0.25) is 0 Å². The zero-order valence-corrected chi connectivity index (χ0v) is 9.34. The molecule has 0 fully saturated rings. The van der Waals surface area contributed by atoms with Gasteiger partial charge in [-0.2, -0.15) is 23.5 Å². The van der Waals surface area contributed by atoms with Gasteiger partial charge in [0.25, 0.3) is 0 Å². The van der Waals surface area contributed by atoms with Crippen molar-refractivity contribution in [2.75, 3.05) is 0 Å². The molecule has 6 heteroatoms. The van der Waals surface area contributed by atoms with Gasteiger partial charge < -0.3 is 0 Å². The Morgan fingerprint density at radius 1 is 1.28 bits per heavy atom. The van der Waals surface area contributed by atoms with Crippen LogP contribution in [-0.4, -0.2) is 10.2 Å². The van der Waals surface area contributed by atoms with Crippen LogP contribution in [-0.2, 0) is 6.18 Å². The van der Waals surface area contributed by atoms with Crippen molar-refractivity contribution < 1.29 is 13.2 Å². The van der Waals surface area contributed by atoms with Crippen molar-refractivity contribution in [2.24, 2.45) is 0 Å². The molecular formula is C12H8F3N3. The molecule has 2 rings (SSSR count). The van der Waals surface area contributed by atoms with Crippen LogP contribution < -0.4 is 0 Å². The van der Waals surface area contributed by atoms with Crippen LogP contribution in [0, 0.1) is 18.3 Å². The Morgan fingerprint density at radius 3 is 2.50 bits per heavy atom. The number of nitriles is 1. The molecule has 1 heterocycles. The third-order valence-corrected chi connectivity index (χ3v) is 2.59. The predicted octanol–water partition coefficient (Wildman–Crippen LogP) is 3.28. The Bertz CT molecular complexity index is 620. The normalized spacial score (nSPS) is 11.3. The first kappa shape index (κ1) is 12.2. The van der Waals surface area contributed by atoms with E-state index in [-0.39, 0.29) is 11.1 Å². The number of rotatable bonds is 1. The van der Waals surface area contributed by atoms with Crippen molar-refractivity contribution in [3.63, 3.8) is 0 Å². The molecule has 0 amide bonds. The molecule has 1 aromatic heterocycles. The summed E-state index contributed by atoms with van der Waals surface area (Å²) in [6, 6.07) is 4.92. The van der Waals surface area contributed by atoms with Gasteiger partial charge in [-0.3, -0.25) is 5.10 Å². The maximum Gasteiger partial charge on any atom is 0.416 e. The number of benzene rings is 1. The van der Waals surface area contributed by atoms with E-state index in [1.165, 1.54) is 12.3 Å². The van der Waals surface area contributed by atoms with E-state index < -0.39 is 11.7 Å². The molecule has 0 atom stereocenters. The van der Waals surface area contributed by atoms with Gasteiger partial charge in [0.1, 0.15) is 0 Å². The van der Waals surface area contributed by atoms with Gasteiger partial charge in [0, 0.05) is 16.8 Å². The third kappa shape index (κ3) is 2.07. The number of H-pyrrole nitrogens is 1. The Labute approximate surface area is 101 Å². The average molecular weight is 251 g/mol. The van der Waals surface area contributed by atoms with Gasteiger partial charge in [0.15, 0.2) is 0 Å². The molecule has 2 aromatic rings. The van der Waals surface area contributed by atoms with Crippen molar-refractivity contribution in [1.82, 2.24) is 10.2 Å². The fourth-order valence-electron chi connectivity index (χ4n) is 1.66. The van der Waals surface area contributed by atoms with E-state index in [2.05, 4.69) is 10.2 Å². The first-order valence-electron chi connectivity index (χ1n) is 5.05. The molecule has 0 saturated carbocycles. The molecule has 0 aliphatic carbocycles. The lowest BCUT2D eigenvalue weighted by molar-refractivity contribution is -0.137. The van der Waals surface area contributed by atoms with E-state index in [0.717, 1.165) is 12.1 Å². The number of hydrogen-bond donors (Lipinski definition) is 1. The highest BCUT2D eigenvalue weighted by Crippen LogP contribution is 2.34. The number of hydrogen-bond acceptors (Lipinski definition) is 2. The van der Waals surface area contributed by atoms with Crippen molar-refractivity contribution >= 4 is 0 Å². The van der Waals surface area contributed by atoms with Gasteiger partial charge in [0.2, 0.25) is 0 Å². The summed E-state index contributed by atoms with van der Waals surface area (Å²) >= 11 is 0. The molecule has 0 aliphatic rings. The molecule has 1 aromatic carbocycles. The number of aryl methyl sites for hydroxylation is 1. The second kappa shape index (κ2) is 4.18. The van der Waals surface area contributed by atoms with Gasteiger partial charge in [-0.15, -0.1) is 0 Å². The lowest BCUT2D eigenvalue weighted by Gasteiger charge is -2.09. The minimum atomic E-state index is -4.43. The minimum absolute atomic E-state index is 0.188. The van der Waals surface area contributed by atoms with Crippen LogP contribution >= 0.6 is 0 Å². The summed E-state index contributed by atoms with van der Waals surface area (Å²) in [7, 11) is 0. The number of halogens is 3. The summed E-state index contributed by atoms with van der Waals surface area (Å²) in [4.78, 5) is 0. The Morgan fingerprint density at radius 2 is 2.00 bits per heavy atom. The first-order valence-corrected chi connectivity index (χ1v) is 5.05. The minimum Gasteiger partial charge on any atom is -0.282 e. The summed E-state index contributed by atoms with van der Waals surface area (Å²) in [6.07, 6.45) is -3.02. The van der Waals surface area contributed by atoms with Gasteiger partial charge >= 0.3 is 6.18 Å². The zero-order valence-electron chi connectivity index (χ0n) is 9.34. The maximum absolute atomic E-state index is 12.6. The highest BCUT2D eigenvalue weighted by atomic mass is 19.4. The molecule has 0 radical (unpaired) electrons. The number of aromatic nitrogens is 2. The number of aromatic amines is 1. The molecule has 92 valence electrons. The molecule has 0 saturated heterocycles. The van der Waals surface area contributed by atoms with Crippen LogP contribution in [0.4, 0.5) is 13.2 Å². The molecular weight excluding hydrogens is 243 g/mol. The first-order chi connectivity index (χ1) is 8.43. The summed E-state index contributed by atoms with van der Waals surface area (Å²) in [6.45, 7) is 1.68. The third-order valence-electron chi connectivity index (χ3n) is 2.59. The van der Waals surface area contributed by atoms with Crippen LogP contribution in [0.25, 0.3) is 11.1 Å². The van der Waals surface area contributed by atoms with Crippen molar-refractivity contribution in [3.05, 3.63) is 41.2 Å². The Balaban J connectivity index is 2.65. The monoisotopic (exact) mass is 251 g/mol. The average Bonchev–Trinajstić information content (AvgIpc) is 2.73. The summed E-state index contributed by atoms with van der Waals surface area (Å²) in [5, 5.41) is 15.3. The largest absolute Gasteiger partial charge is 0.416 e. The lowest BCUT2D eigenvalue weighted by atomic mass is 9.98. The van der Waals surface area contributed by atoms with Crippen molar-refractivity contribution in [2.45, 2.75) is 13.1 Å². The second-order valence-corrected chi connectivity index (χ2v) is 3.78. The summed E-state index contributed by atoms with van der Waals surface area (Å²) in [5.41, 5.74) is 0.756. The van der Waals surface area contributed by atoms with Crippen LogP contribution in [0.5, 0.6) is 0 Å². The molecule has 1 N–H and O–H groups in total. The smallest absolute Gasteiger partial charge is 0.282 e. The van der Waals surface area contributed by atoms with E-state index in [9.17, 15) is 13.2 Å². The fourth-order valence-corrected chi connectivity index (χ4v) is 1.66. The van der Waals surface area contributed by atoms with Crippen LogP contribution in [0.15, 0.2) is 24.4 Å². The topological polar surface area (TPSA) is 52.5 Å². The van der Waals surface area contributed by atoms with Gasteiger partial charge in [-0.25, -0.2) is 0 Å². The van der Waals surface area contributed by atoms with E-state index in [1.54, 1.807) is 6.92 Å². The van der Waals surface area contributed by atoms with Gasteiger partial charge in [-0.05, 0) is 25.1 Å². The van der Waals surface area contributed by atoms with E-state index in [0.29, 0.717) is 11.3 Å². The fraction of sp³-hybridized carbons (Fsp3) is 0.167. The van der Waals surface area contributed by atoms with Gasteiger partial charge in [-0.1, -0.05) is 0 Å². The molecule has 0 bridgehead atoms. The van der Waals surface area contributed by atoms with Crippen LogP contribution in [0.1, 0.15) is 16.8 Å². The quantitative estimate of drug-likeness (QED) is 0.845. The highest BCUT2D eigenvalue weighted by Gasteiger charge is 2.31. The summed E-state index contributed by atoms with van der Waals surface area (Å²) < 4.78 is 37.9. The number of nitrogens with zero attached hydrogens (tertiary/aromatic N) is 2. The molecule has 0 aliphatic heterocycles. The lowest BCUT2D eigenvalue weighted by Crippen LogP contribution is -2.05. The Hall–Kier alpha value is -2.29. The Kier molecular flexibility index (Phi) is 2.83. The number of alkyl halides is 3. The van der Waals surface area contributed by atoms with E-state index in [4.69, 9.17) is 5.26 Å². The molecule has 0 unspecified atom stereocenters. The second-order valence-electron chi connectivity index (χ2n) is 3.78. The van der Waals surface area contributed by atoms with E-state index >= 15 is 0 Å². The zero-order chi connectivity index (χ0) is 13.3. The van der Waals surface area contributed by atoms with Crippen molar-refractivity contribution in [1.29, 1.82) is 5.26 Å². The molecule has 0 spiro atoms. The maximum atomic E-state index is 12.6. The number of nitrogens with one attached hydrogen (secondary N) is 1. The van der Waals surface area contributed by atoms with Gasteiger partial charge in [0.05, 0.1) is 23.4 Å². The molecule has 18 heavy (non-hydrogen) atoms.